The number of carboxylic acid groups (broad SMARTS) is 2. The Labute approximate surface area is 202 Å². The molecular formula is C26H26ClNO6. The minimum atomic E-state index is -0.833. The molecule has 0 fully saturated rings. The van der Waals surface area contributed by atoms with Crippen LogP contribution >= 0.6 is 11.6 Å². The number of nitrogens with one attached hydrogen (secondary N) is 1. The summed E-state index contributed by atoms with van der Waals surface area (Å²) >= 11 is 5.79. The highest BCUT2D eigenvalue weighted by molar-refractivity contribution is 6.30. The van der Waals surface area contributed by atoms with Crippen LogP contribution in [0.1, 0.15) is 24.2 Å². The zero-order chi connectivity index (χ0) is 25.3. The molecule has 0 aliphatic carbocycles. The van der Waals surface area contributed by atoms with Crippen LogP contribution in [0.15, 0.2) is 91.0 Å². The number of aromatic amines is 1. The molecule has 4 rings (SSSR count). The Bertz CT molecular complexity index is 1080. The van der Waals surface area contributed by atoms with Crippen molar-refractivity contribution in [3.05, 3.63) is 102 Å². The average molecular weight is 484 g/mol. The minimum Gasteiger partial charge on any atom is -0.481 e. The highest BCUT2D eigenvalue weighted by atomic mass is 35.5. The number of aromatic nitrogens is 1. The second-order valence-corrected chi connectivity index (χ2v) is 7.07. The lowest BCUT2D eigenvalue weighted by molar-refractivity contribution is -0.135. The third-order valence-electron chi connectivity index (χ3n) is 3.70. The Morgan fingerprint density at radius 1 is 0.794 bits per heavy atom. The smallest absolute Gasteiger partial charge is 0.300 e. The topological polar surface area (TPSA) is 117 Å². The van der Waals surface area contributed by atoms with Crippen LogP contribution in [0.3, 0.4) is 0 Å². The van der Waals surface area contributed by atoms with Gasteiger partial charge in [-0.2, -0.15) is 0 Å². The average Bonchev–Trinajstić information content (AvgIpc) is 3.22. The van der Waals surface area contributed by atoms with E-state index in [1.807, 2.05) is 66.7 Å². The van der Waals surface area contributed by atoms with Crippen LogP contribution in [0.2, 0.25) is 5.02 Å². The van der Waals surface area contributed by atoms with Crippen LogP contribution in [0.5, 0.6) is 5.88 Å². The van der Waals surface area contributed by atoms with Gasteiger partial charge in [0.2, 0.25) is 0 Å². The molecule has 8 heteroatoms. The number of ether oxygens (including phenoxy) is 1. The molecule has 0 spiro atoms. The third-order valence-corrected chi connectivity index (χ3v) is 3.95. The van der Waals surface area contributed by atoms with Gasteiger partial charge < -0.3 is 19.9 Å². The Morgan fingerprint density at radius 3 is 1.74 bits per heavy atom. The largest absolute Gasteiger partial charge is 0.481 e. The van der Waals surface area contributed by atoms with E-state index in [2.05, 4.69) is 4.98 Å². The molecule has 1 aromatic heterocycles. The maximum absolute atomic E-state index is 12.0. The Kier molecular flexibility index (Phi) is 12.9. The van der Waals surface area contributed by atoms with Gasteiger partial charge in [-0.15, -0.1) is 0 Å². The van der Waals surface area contributed by atoms with Crippen LogP contribution in [0.4, 0.5) is 0 Å². The molecule has 4 aromatic rings. The molecular weight excluding hydrogens is 458 g/mol. The summed E-state index contributed by atoms with van der Waals surface area (Å²) in [5, 5.41) is 16.5. The van der Waals surface area contributed by atoms with Crippen molar-refractivity contribution in [2.45, 2.75) is 13.8 Å². The zero-order valence-corrected chi connectivity index (χ0v) is 19.5. The van der Waals surface area contributed by atoms with E-state index >= 15 is 0 Å². The lowest BCUT2D eigenvalue weighted by Crippen LogP contribution is -2.11. The number of carbonyl (C=O) groups excluding carboxylic acids is 1. The van der Waals surface area contributed by atoms with E-state index < -0.39 is 11.9 Å². The summed E-state index contributed by atoms with van der Waals surface area (Å²) in [6.07, 6.45) is 0. The lowest BCUT2D eigenvalue weighted by Gasteiger charge is -2.03. The molecule has 3 aromatic carbocycles. The normalized spacial score (nSPS) is 9.15. The molecule has 0 aliphatic heterocycles. The number of ketones is 1. The predicted octanol–water partition coefficient (Wildman–Crippen LogP) is 5.95. The molecule has 0 bridgehead atoms. The van der Waals surface area contributed by atoms with Crippen LogP contribution in [-0.2, 0) is 9.59 Å². The highest BCUT2D eigenvalue weighted by Crippen LogP contribution is 2.20. The van der Waals surface area contributed by atoms with E-state index in [9.17, 15) is 4.79 Å². The standard InChI is InChI=1S/C16H12ClNO2.C6H6.2C2H4O2/c17-13-7-5-11(6-8-13)15(19)10-20-16-9-12-3-1-2-4-14(12)18-16;1-2-4-6-5-3-1;2*1-2(3)4/h1-9,18H,10H2;1-6H;2*1H3,(H,3,4). The molecule has 0 saturated heterocycles. The van der Waals surface area contributed by atoms with Crippen LogP contribution < -0.4 is 4.74 Å². The van der Waals surface area contributed by atoms with Crippen LogP contribution in [0.25, 0.3) is 10.9 Å². The summed E-state index contributed by atoms with van der Waals surface area (Å²) in [7, 11) is 0. The first-order valence-electron chi connectivity index (χ1n) is 10.1. The number of halogens is 1. The number of hydrogen-bond acceptors (Lipinski definition) is 4. The highest BCUT2D eigenvalue weighted by Gasteiger charge is 2.08. The van der Waals surface area contributed by atoms with Gasteiger partial charge in [-0.1, -0.05) is 66.2 Å². The molecule has 178 valence electrons. The van der Waals surface area contributed by atoms with Gasteiger partial charge in [0, 0.05) is 41.4 Å². The summed E-state index contributed by atoms with van der Waals surface area (Å²) in [5.74, 6) is -1.16. The Balaban J connectivity index is 0.000000338. The summed E-state index contributed by atoms with van der Waals surface area (Å²) in [4.78, 5) is 33.1. The van der Waals surface area contributed by atoms with Crippen molar-refractivity contribution < 1.29 is 29.3 Å². The molecule has 0 saturated carbocycles. The second kappa shape index (κ2) is 15.7. The van der Waals surface area contributed by atoms with Crippen molar-refractivity contribution in [2.24, 2.45) is 0 Å². The van der Waals surface area contributed by atoms with Gasteiger partial charge in [0.25, 0.3) is 11.9 Å². The van der Waals surface area contributed by atoms with E-state index in [0.29, 0.717) is 16.5 Å². The molecule has 0 amide bonds. The molecule has 1 heterocycles. The number of aliphatic carboxylic acids is 2. The summed E-state index contributed by atoms with van der Waals surface area (Å²) in [5.41, 5.74) is 1.58. The first-order chi connectivity index (χ1) is 16.2. The van der Waals surface area contributed by atoms with E-state index in [-0.39, 0.29) is 12.4 Å². The van der Waals surface area contributed by atoms with E-state index in [0.717, 1.165) is 24.8 Å². The predicted molar refractivity (Wildman–Crippen MR) is 133 cm³/mol. The van der Waals surface area contributed by atoms with Gasteiger partial charge in [-0.25, -0.2) is 0 Å². The maximum Gasteiger partial charge on any atom is 0.300 e. The van der Waals surface area contributed by atoms with Crippen molar-refractivity contribution in [2.75, 3.05) is 6.61 Å². The fraction of sp³-hybridized carbons (Fsp3) is 0.115. The molecule has 0 aliphatic rings. The molecule has 0 radical (unpaired) electrons. The number of Topliss-reactive ketones (excluding diaryl/α,β-unsaturated/α-hetero) is 1. The number of carbonyl (C=O) groups is 3. The number of fused-ring (bicyclic) bond motifs is 1. The maximum atomic E-state index is 12.0. The number of benzene rings is 3. The number of H-pyrrole nitrogens is 1. The van der Waals surface area contributed by atoms with Gasteiger partial charge >= 0.3 is 0 Å². The SMILES string of the molecule is CC(=O)O.CC(=O)O.O=C(COc1cc2ccccc2[nH]1)c1ccc(Cl)cc1.c1ccccc1. The van der Waals surface area contributed by atoms with E-state index in [1.165, 1.54) is 0 Å². The Hall–Kier alpha value is -4.10. The van der Waals surface area contributed by atoms with Gasteiger partial charge in [0.1, 0.15) is 0 Å². The summed E-state index contributed by atoms with van der Waals surface area (Å²) < 4.78 is 5.50. The number of rotatable bonds is 4. The first kappa shape index (κ1) is 27.9. The number of carboxylic acids is 2. The fourth-order valence-corrected chi connectivity index (χ4v) is 2.50. The van der Waals surface area contributed by atoms with Gasteiger partial charge in [0.05, 0.1) is 0 Å². The second-order valence-electron chi connectivity index (χ2n) is 6.63. The third kappa shape index (κ3) is 12.7. The van der Waals surface area contributed by atoms with Crippen molar-refractivity contribution in [3.8, 4) is 5.88 Å². The molecule has 7 nitrogen and oxygen atoms in total. The summed E-state index contributed by atoms with van der Waals surface area (Å²) in [6, 6.07) is 28.5. The molecule has 0 atom stereocenters. The first-order valence-corrected chi connectivity index (χ1v) is 10.4. The molecule has 34 heavy (non-hydrogen) atoms. The minimum absolute atomic E-state index is 0.00550. The van der Waals surface area contributed by atoms with Gasteiger partial charge in [-0.05, 0) is 30.3 Å². The van der Waals surface area contributed by atoms with Crippen molar-refractivity contribution in [3.63, 3.8) is 0 Å². The van der Waals surface area contributed by atoms with Crippen molar-refractivity contribution in [1.82, 2.24) is 4.98 Å². The number of para-hydroxylation sites is 1. The Morgan fingerprint density at radius 2 is 1.26 bits per heavy atom. The van der Waals surface area contributed by atoms with E-state index in [1.54, 1.807) is 24.3 Å². The van der Waals surface area contributed by atoms with Crippen LogP contribution in [0, 0.1) is 0 Å². The van der Waals surface area contributed by atoms with Crippen molar-refractivity contribution in [1.29, 1.82) is 0 Å². The quantitative estimate of drug-likeness (QED) is 0.309. The zero-order valence-electron chi connectivity index (χ0n) is 18.8. The van der Waals surface area contributed by atoms with Crippen molar-refractivity contribution >= 4 is 40.2 Å². The van der Waals surface area contributed by atoms with Gasteiger partial charge in [-0.3, -0.25) is 14.4 Å². The lowest BCUT2D eigenvalue weighted by atomic mass is 10.1. The molecule has 0 unspecified atom stereocenters. The number of hydrogen-bond donors (Lipinski definition) is 3. The van der Waals surface area contributed by atoms with E-state index in [4.69, 9.17) is 36.1 Å². The molecule has 3 N–H and O–H groups in total. The summed E-state index contributed by atoms with van der Waals surface area (Å²) in [6.45, 7) is 2.16. The van der Waals surface area contributed by atoms with Gasteiger partial charge in [0.15, 0.2) is 18.3 Å². The monoisotopic (exact) mass is 483 g/mol. The fourth-order valence-electron chi connectivity index (χ4n) is 2.37. The van der Waals surface area contributed by atoms with Crippen LogP contribution in [-0.4, -0.2) is 39.5 Å².